The Bertz CT molecular complexity index is 818. The Hall–Kier alpha value is -2.76. The van der Waals surface area contributed by atoms with E-state index in [-0.39, 0.29) is 11.4 Å². The van der Waals surface area contributed by atoms with Crippen LogP contribution in [-0.4, -0.2) is 16.3 Å². The van der Waals surface area contributed by atoms with Gasteiger partial charge in [-0.2, -0.15) is 5.26 Å². The third-order valence-electron chi connectivity index (χ3n) is 2.72. The molecule has 0 aliphatic heterocycles. The summed E-state index contributed by atoms with van der Waals surface area (Å²) < 4.78 is 5.62. The molecule has 0 radical (unpaired) electrons. The average Bonchev–Trinajstić information content (AvgIpc) is 2.56. The highest BCUT2D eigenvalue weighted by Gasteiger charge is 2.12. The van der Waals surface area contributed by atoms with Gasteiger partial charge >= 0.3 is 0 Å². The van der Waals surface area contributed by atoms with Crippen molar-refractivity contribution in [3.63, 3.8) is 0 Å². The molecule has 2 aromatic rings. The van der Waals surface area contributed by atoms with E-state index in [4.69, 9.17) is 21.6 Å². The Kier molecular flexibility index (Phi) is 6.01. The summed E-state index contributed by atoms with van der Waals surface area (Å²) in [6.45, 7) is 0. The van der Waals surface area contributed by atoms with Gasteiger partial charge in [0.1, 0.15) is 11.5 Å². The summed E-state index contributed by atoms with van der Waals surface area (Å²) in [4.78, 5) is 14.7. The summed E-state index contributed by atoms with van der Waals surface area (Å²) in [5.41, 5.74) is 0.123. The number of benzene rings is 2. The molecule has 0 saturated heterocycles. The van der Waals surface area contributed by atoms with Gasteiger partial charge in [0, 0.05) is 17.2 Å². The second kappa shape index (κ2) is 8.19. The first kappa shape index (κ1) is 17.6. The van der Waals surface area contributed by atoms with Crippen LogP contribution in [0, 0.1) is 21.6 Å². The van der Waals surface area contributed by atoms with E-state index in [1.54, 1.807) is 36.7 Å². The summed E-state index contributed by atoms with van der Waals surface area (Å²) in [6.07, 6.45) is 3.48. The van der Waals surface area contributed by atoms with Gasteiger partial charge in [-0.05, 0) is 30.5 Å². The highest BCUT2D eigenvalue weighted by atomic mass is 35.5. The number of halogens is 1. The minimum absolute atomic E-state index is 0.169. The number of nitrogens with zero attached hydrogens (tertiary/aromatic N) is 3. The molecule has 0 aromatic heterocycles. The molecule has 0 spiro atoms. The third-order valence-corrected chi connectivity index (χ3v) is 3.56. The number of hydrogen-bond donors (Lipinski definition) is 1. The van der Waals surface area contributed by atoms with Gasteiger partial charge in [-0.3, -0.25) is 15.4 Å². The van der Waals surface area contributed by atoms with Crippen LogP contribution in [0.25, 0.3) is 0 Å². The van der Waals surface area contributed by atoms with Crippen LogP contribution in [0.5, 0.6) is 11.5 Å². The number of rotatable bonds is 4. The summed E-state index contributed by atoms with van der Waals surface area (Å²) in [7, 11) is 0. The molecule has 0 bridgehead atoms. The molecule has 0 saturated carbocycles. The van der Waals surface area contributed by atoms with Gasteiger partial charge in [0.25, 0.3) is 5.69 Å². The number of aliphatic imine (C=N–C) groups is 1. The van der Waals surface area contributed by atoms with Crippen molar-refractivity contribution in [2.75, 3.05) is 6.26 Å². The SMILES string of the molecule is CSC(=Nc1cc(Oc2ccc(Cl)cc2)cc([N+](=O)[O-])c1)NC#N. The van der Waals surface area contributed by atoms with Crippen molar-refractivity contribution in [3.8, 4) is 17.7 Å². The maximum Gasteiger partial charge on any atom is 0.275 e. The largest absolute Gasteiger partial charge is 0.457 e. The lowest BCUT2D eigenvalue weighted by atomic mass is 10.2. The Morgan fingerprint density at radius 2 is 2.04 bits per heavy atom. The molecule has 0 atom stereocenters. The zero-order valence-corrected chi connectivity index (χ0v) is 14.0. The Morgan fingerprint density at radius 1 is 1.33 bits per heavy atom. The fourth-order valence-corrected chi connectivity index (χ4v) is 2.20. The lowest BCUT2D eigenvalue weighted by molar-refractivity contribution is -0.384. The number of nitriles is 1. The summed E-state index contributed by atoms with van der Waals surface area (Å²) in [5, 5.41) is 23.0. The monoisotopic (exact) mass is 362 g/mol. The molecule has 7 nitrogen and oxygen atoms in total. The van der Waals surface area contributed by atoms with Crippen LogP contribution in [0.3, 0.4) is 0 Å². The molecule has 24 heavy (non-hydrogen) atoms. The van der Waals surface area contributed by atoms with Crippen LogP contribution in [-0.2, 0) is 0 Å². The van der Waals surface area contributed by atoms with Crippen molar-refractivity contribution in [2.24, 2.45) is 4.99 Å². The number of nitro groups is 1. The van der Waals surface area contributed by atoms with E-state index >= 15 is 0 Å². The lowest BCUT2D eigenvalue weighted by Crippen LogP contribution is -2.12. The van der Waals surface area contributed by atoms with Crippen molar-refractivity contribution < 1.29 is 9.66 Å². The van der Waals surface area contributed by atoms with Gasteiger partial charge in [0.2, 0.25) is 0 Å². The van der Waals surface area contributed by atoms with E-state index in [1.165, 1.54) is 30.0 Å². The molecular weight excluding hydrogens is 352 g/mol. The first-order chi connectivity index (χ1) is 11.5. The Labute approximate surface area is 147 Å². The number of amidine groups is 1. The quantitative estimate of drug-likeness (QED) is 0.215. The number of nitrogens with one attached hydrogen (secondary N) is 1. The number of ether oxygens (including phenoxy) is 1. The Balaban J connectivity index is 2.39. The molecular formula is C15H11ClN4O3S. The van der Waals surface area contributed by atoms with Crippen molar-refractivity contribution >= 4 is 39.9 Å². The minimum atomic E-state index is -0.537. The van der Waals surface area contributed by atoms with Crippen LogP contribution in [0.2, 0.25) is 5.02 Å². The second-order valence-electron chi connectivity index (χ2n) is 4.36. The van der Waals surface area contributed by atoms with Gasteiger partial charge in [-0.25, -0.2) is 4.99 Å². The molecule has 0 unspecified atom stereocenters. The van der Waals surface area contributed by atoms with Crippen LogP contribution in [0.1, 0.15) is 0 Å². The molecule has 122 valence electrons. The molecule has 2 aromatic carbocycles. The van der Waals surface area contributed by atoms with E-state index in [0.717, 1.165) is 0 Å². The highest BCUT2D eigenvalue weighted by Crippen LogP contribution is 2.31. The summed E-state index contributed by atoms with van der Waals surface area (Å²) >= 11 is 7.02. The van der Waals surface area contributed by atoms with E-state index < -0.39 is 4.92 Å². The first-order valence-corrected chi connectivity index (χ1v) is 8.13. The normalized spacial score (nSPS) is 10.8. The molecule has 9 heteroatoms. The standard InChI is InChI=1S/C15H11ClN4O3S/c1-24-15(18-9-17)19-11-6-12(20(21)22)8-14(7-11)23-13-4-2-10(16)3-5-13/h2-8H,1H3,(H,18,19). The summed E-state index contributed by atoms with van der Waals surface area (Å²) in [5.74, 6) is 0.734. The number of hydrogen-bond acceptors (Lipinski definition) is 6. The van der Waals surface area contributed by atoms with Crippen molar-refractivity contribution in [3.05, 3.63) is 57.6 Å². The maximum absolute atomic E-state index is 11.1. The van der Waals surface area contributed by atoms with E-state index in [2.05, 4.69) is 10.3 Å². The summed E-state index contributed by atoms with van der Waals surface area (Å²) in [6, 6.07) is 10.7. The lowest BCUT2D eigenvalue weighted by Gasteiger charge is -2.07. The van der Waals surface area contributed by atoms with Crippen molar-refractivity contribution in [2.45, 2.75) is 0 Å². The topological polar surface area (TPSA) is 101 Å². The average molecular weight is 363 g/mol. The predicted octanol–water partition coefficient (Wildman–Crippen LogP) is 4.46. The fourth-order valence-electron chi connectivity index (χ4n) is 1.73. The number of non-ortho nitro benzene ring substituents is 1. The minimum Gasteiger partial charge on any atom is -0.457 e. The zero-order valence-electron chi connectivity index (χ0n) is 12.4. The first-order valence-electron chi connectivity index (χ1n) is 6.52. The molecule has 0 heterocycles. The van der Waals surface area contributed by atoms with E-state index in [9.17, 15) is 10.1 Å². The highest BCUT2D eigenvalue weighted by molar-refractivity contribution is 8.13. The van der Waals surface area contributed by atoms with Crippen LogP contribution < -0.4 is 10.1 Å². The molecule has 0 amide bonds. The van der Waals surface area contributed by atoms with E-state index in [1.807, 2.05) is 0 Å². The fraction of sp³-hybridized carbons (Fsp3) is 0.0667. The van der Waals surface area contributed by atoms with Gasteiger partial charge in [0.05, 0.1) is 16.7 Å². The maximum atomic E-state index is 11.1. The van der Waals surface area contributed by atoms with Crippen molar-refractivity contribution in [1.29, 1.82) is 5.26 Å². The smallest absolute Gasteiger partial charge is 0.275 e. The molecule has 1 N–H and O–H groups in total. The van der Waals surface area contributed by atoms with Gasteiger partial charge in [-0.1, -0.05) is 23.4 Å². The third kappa shape index (κ3) is 4.87. The second-order valence-corrected chi connectivity index (χ2v) is 5.59. The zero-order chi connectivity index (χ0) is 17.5. The predicted molar refractivity (Wildman–Crippen MR) is 94.0 cm³/mol. The molecule has 0 aliphatic carbocycles. The van der Waals surface area contributed by atoms with Crippen LogP contribution in [0.4, 0.5) is 11.4 Å². The van der Waals surface area contributed by atoms with Gasteiger partial charge in [0.15, 0.2) is 11.4 Å². The van der Waals surface area contributed by atoms with Gasteiger partial charge in [-0.15, -0.1) is 0 Å². The number of nitro benzene ring substituents is 1. The van der Waals surface area contributed by atoms with Crippen molar-refractivity contribution in [1.82, 2.24) is 5.32 Å². The molecule has 2 rings (SSSR count). The van der Waals surface area contributed by atoms with Crippen LogP contribution >= 0.6 is 23.4 Å². The van der Waals surface area contributed by atoms with Crippen LogP contribution in [0.15, 0.2) is 47.5 Å². The van der Waals surface area contributed by atoms with Gasteiger partial charge < -0.3 is 4.74 Å². The number of thioether (sulfide) groups is 1. The molecule has 0 fully saturated rings. The van der Waals surface area contributed by atoms with E-state index in [0.29, 0.717) is 21.6 Å². The Morgan fingerprint density at radius 3 is 2.62 bits per heavy atom. The molecule has 0 aliphatic rings.